The van der Waals surface area contributed by atoms with Crippen LogP contribution in [0.2, 0.25) is 0 Å². The summed E-state index contributed by atoms with van der Waals surface area (Å²) < 4.78 is 0. The van der Waals surface area contributed by atoms with Gasteiger partial charge in [0.2, 0.25) is 0 Å². The van der Waals surface area contributed by atoms with Crippen LogP contribution in [0.4, 0.5) is 0 Å². The highest BCUT2D eigenvalue weighted by molar-refractivity contribution is 5.94. The Morgan fingerprint density at radius 2 is 2.32 bits per heavy atom. The van der Waals surface area contributed by atoms with E-state index in [1.165, 1.54) is 6.42 Å². The number of carbonyl (C=O) groups excluding carboxylic acids is 1. The molecule has 1 aromatic carbocycles. The van der Waals surface area contributed by atoms with Crippen molar-refractivity contribution in [3.63, 3.8) is 0 Å². The number of rotatable bonds is 5. The smallest absolute Gasteiger partial charge is 0.251 e. The molecule has 0 saturated carbocycles. The van der Waals surface area contributed by atoms with Crippen molar-refractivity contribution in [3.8, 4) is 0 Å². The number of hydrogen-bond acceptors (Lipinski definition) is 3. The summed E-state index contributed by atoms with van der Waals surface area (Å²) in [5.74, 6) is 0.0225. The van der Waals surface area contributed by atoms with Gasteiger partial charge in [-0.3, -0.25) is 4.79 Å². The maximum atomic E-state index is 12.1. The maximum absolute atomic E-state index is 12.1. The van der Waals surface area contributed by atoms with Gasteiger partial charge >= 0.3 is 0 Å². The summed E-state index contributed by atoms with van der Waals surface area (Å²) in [7, 11) is 4.05. The zero-order valence-corrected chi connectivity index (χ0v) is 11.8. The Bertz CT molecular complexity index is 425. The zero-order chi connectivity index (χ0) is 13.7. The van der Waals surface area contributed by atoms with E-state index in [9.17, 15) is 4.79 Å². The van der Waals surface area contributed by atoms with Crippen LogP contribution < -0.4 is 10.6 Å². The van der Waals surface area contributed by atoms with Crippen LogP contribution in [0.3, 0.4) is 0 Å². The van der Waals surface area contributed by atoms with E-state index in [4.69, 9.17) is 0 Å². The van der Waals surface area contributed by atoms with Gasteiger partial charge in [-0.15, -0.1) is 0 Å². The van der Waals surface area contributed by atoms with E-state index in [0.29, 0.717) is 6.04 Å². The van der Waals surface area contributed by atoms with E-state index in [1.807, 2.05) is 32.3 Å². The molecular formula is C15H23N3O. The number of carbonyl (C=O) groups is 1. The van der Waals surface area contributed by atoms with Crippen LogP contribution in [-0.2, 0) is 6.54 Å². The van der Waals surface area contributed by atoms with Gasteiger partial charge in [-0.1, -0.05) is 12.1 Å². The zero-order valence-electron chi connectivity index (χ0n) is 11.8. The van der Waals surface area contributed by atoms with Gasteiger partial charge in [0.05, 0.1) is 0 Å². The molecular weight excluding hydrogens is 238 g/mol. The minimum absolute atomic E-state index is 0.0225. The van der Waals surface area contributed by atoms with E-state index in [0.717, 1.165) is 37.2 Å². The largest absolute Gasteiger partial charge is 0.350 e. The summed E-state index contributed by atoms with van der Waals surface area (Å²) in [6.07, 6.45) is 2.36. The van der Waals surface area contributed by atoms with Gasteiger partial charge in [-0.2, -0.15) is 0 Å². The Kier molecular flexibility index (Phi) is 4.93. The number of hydrogen-bond donors (Lipinski definition) is 2. The van der Waals surface area contributed by atoms with Crippen LogP contribution in [0.15, 0.2) is 24.3 Å². The van der Waals surface area contributed by atoms with Crippen molar-refractivity contribution >= 4 is 5.91 Å². The first kappa shape index (κ1) is 14.0. The molecule has 0 spiro atoms. The lowest BCUT2D eigenvalue weighted by Gasteiger charge is -2.13. The van der Waals surface area contributed by atoms with Crippen molar-refractivity contribution in [3.05, 3.63) is 35.4 Å². The normalized spacial score (nSPS) is 18.8. The van der Waals surface area contributed by atoms with Gasteiger partial charge in [0.1, 0.15) is 0 Å². The monoisotopic (exact) mass is 261 g/mol. The average molecular weight is 261 g/mol. The van der Waals surface area contributed by atoms with Crippen LogP contribution in [0.5, 0.6) is 0 Å². The van der Waals surface area contributed by atoms with Crippen molar-refractivity contribution in [2.75, 3.05) is 27.2 Å². The summed E-state index contributed by atoms with van der Waals surface area (Å²) in [6.45, 7) is 2.64. The molecule has 4 heteroatoms. The molecule has 0 aliphatic carbocycles. The number of nitrogens with one attached hydrogen (secondary N) is 2. The predicted octanol–water partition coefficient (Wildman–Crippen LogP) is 1.23. The Morgan fingerprint density at radius 1 is 1.47 bits per heavy atom. The summed E-state index contributed by atoms with van der Waals surface area (Å²) in [5.41, 5.74) is 1.91. The Hall–Kier alpha value is -1.39. The van der Waals surface area contributed by atoms with Gasteiger partial charge in [-0.25, -0.2) is 0 Å². The molecule has 1 saturated heterocycles. The van der Waals surface area contributed by atoms with Crippen LogP contribution in [0.1, 0.15) is 28.8 Å². The molecule has 1 fully saturated rings. The SMILES string of the molecule is CN(C)Cc1cccc(C(=O)NCC2CCCN2)c1. The van der Waals surface area contributed by atoms with Crippen LogP contribution in [0.25, 0.3) is 0 Å². The molecule has 1 aromatic rings. The van der Waals surface area contributed by atoms with Crippen LogP contribution >= 0.6 is 0 Å². The van der Waals surface area contributed by atoms with Crippen molar-refractivity contribution in [1.29, 1.82) is 0 Å². The Balaban J connectivity index is 1.90. The van der Waals surface area contributed by atoms with E-state index in [-0.39, 0.29) is 5.91 Å². The average Bonchev–Trinajstić information content (AvgIpc) is 2.88. The highest BCUT2D eigenvalue weighted by Gasteiger charge is 2.15. The lowest BCUT2D eigenvalue weighted by atomic mass is 10.1. The Labute approximate surface area is 115 Å². The molecule has 1 amide bonds. The molecule has 104 valence electrons. The first-order valence-corrected chi connectivity index (χ1v) is 6.90. The molecule has 1 unspecified atom stereocenters. The minimum Gasteiger partial charge on any atom is -0.350 e. The quantitative estimate of drug-likeness (QED) is 0.838. The molecule has 2 rings (SSSR count). The predicted molar refractivity (Wildman–Crippen MR) is 77.2 cm³/mol. The lowest BCUT2D eigenvalue weighted by Crippen LogP contribution is -2.37. The number of benzene rings is 1. The minimum atomic E-state index is 0.0225. The fraction of sp³-hybridized carbons (Fsp3) is 0.533. The second-order valence-corrected chi connectivity index (χ2v) is 5.44. The second kappa shape index (κ2) is 6.68. The fourth-order valence-electron chi connectivity index (χ4n) is 2.42. The molecule has 1 heterocycles. The Morgan fingerprint density at radius 3 is 3.00 bits per heavy atom. The lowest BCUT2D eigenvalue weighted by molar-refractivity contribution is 0.0950. The van der Waals surface area contributed by atoms with Gasteiger partial charge in [0, 0.05) is 24.7 Å². The summed E-state index contributed by atoms with van der Waals surface area (Å²) in [5, 5.41) is 6.39. The van der Waals surface area contributed by atoms with Gasteiger partial charge < -0.3 is 15.5 Å². The molecule has 0 bridgehead atoms. The molecule has 0 radical (unpaired) electrons. The number of nitrogens with zero attached hydrogens (tertiary/aromatic N) is 1. The molecule has 1 aliphatic heterocycles. The fourth-order valence-corrected chi connectivity index (χ4v) is 2.42. The summed E-state index contributed by atoms with van der Waals surface area (Å²) in [4.78, 5) is 14.2. The number of amides is 1. The van der Waals surface area contributed by atoms with E-state index in [1.54, 1.807) is 0 Å². The van der Waals surface area contributed by atoms with E-state index in [2.05, 4.69) is 21.6 Å². The molecule has 1 aliphatic rings. The third-order valence-corrected chi connectivity index (χ3v) is 3.36. The molecule has 19 heavy (non-hydrogen) atoms. The topological polar surface area (TPSA) is 44.4 Å². The first-order valence-electron chi connectivity index (χ1n) is 6.90. The standard InChI is InChI=1S/C15H23N3O/c1-18(2)11-12-5-3-6-13(9-12)15(19)17-10-14-7-4-8-16-14/h3,5-6,9,14,16H,4,7-8,10-11H2,1-2H3,(H,17,19). The van der Waals surface area contributed by atoms with Crippen molar-refractivity contribution < 1.29 is 4.79 Å². The van der Waals surface area contributed by atoms with Crippen LogP contribution in [0, 0.1) is 0 Å². The van der Waals surface area contributed by atoms with E-state index < -0.39 is 0 Å². The molecule has 1 atom stereocenters. The van der Waals surface area contributed by atoms with Gasteiger partial charge in [-0.05, 0) is 51.2 Å². The third kappa shape index (κ3) is 4.33. The highest BCUT2D eigenvalue weighted by Crippen LogP contribution is 2.08. The summed E-state index contributed by atoms with van der Waals surface area (Å²) >= 11 is 0. The third-order valence-electron chi connectivity index (χ3n) is 3.36. The van der Waals surface area contributed by atoms with Crippen molar-refractivity contribution in [2.24, 2.45) is 0 Å². The highest BCUT2D eigenvalue weighted by atomic mass is 16.1. The van der Waals surface area contributed by atoms with E-state index >= 15 is 0 Å². The van der Waals surface area contributed by atoms with Crippen molar-refractivity contribution in [2.45, 2.75) is 25.4 Å². The van der Waals surface area contributed by atoms with Crippen molar-refractivity contribution in [1.82, 2.24) is 15.5 Å². The molecule has 0 aromatic heterocycles. The molecule has 4 nitrogen and oxygen atoms in total. The first-order chi connectivity index (χ1) is 9.15. The maximum Gasteiger partial charge on any atom is 0.251 e. The summed E-state index contributed by atoms with van der Waals surface area (Å²) in [6, 6.07) is 8.28. The molecule has 2 N–H and O–H groups in total. The second-order valence-electron chi connectivity index (χ2n) is 5.44. The van der Waals surface area contributed by atoms with Crippen LogP contribution in [-0.4, -0.2) is 44.0 Å². The van der Waals surface area contributed by atoms with Gasteiger partial charge in [0.25, 0.3) is 5.91 Å². The van der Waals surface area contributed by atoms with Gasteiger partial charge in [0.15, 0.2) is 0 Å².